The highest BCUT2D eigenvalue weighted by Gasteiger charge is 2.20. The second-order valence-electron chi connectivity index (χ2n) is 4.91. The SMILES string of the molecule is C=C=C(C)/C(=C/C(=C)C)N(C)C(C)(C)C. The lowest BCUT2D eigenvalue weighted by Gasteiger charge is -2.36. The maximum Gasteiger partial charge on any atom is 0.0478 e. The molecular formula is C14H23N. The summed E-state index contributed by atoms with van der Waals surface area (Å²) in [4.78, 5) is 2.22. The highest BCUT2D eigenvalue weighted by atomic mass is 15.2. The van der Waals surface area contributed by atoms with Gasteiger partial charge < -0.3 is 4.90 Å². The zero-order chi connectivity index (χ0) is 12.2. The first-order valence-corrected chi connectivity index (χ1v) is 5.18. The van der Waals surface area contributed by atoms with Gasteiger partial charge in [-0.25, -0.2) is 0 Å². The predicted molar refractivity (Wildman–Crippen MR) is 68.7 cm³/mol. The number of likely N-dealkylation sites (N-methyl/N-ethyl adjacent to an activating group) is 1. The van der Waals surface area contributed by atoms with E-state index in [1.54, 1.807) is 0 Å². The van der Waals surface area contributed by atoms with Crippen molar-refractivity contribution in [2.45, 2.75) is 40.2 Å². The number of hydrogen-bond donors (Lipinski definition) is 0. The van der Waals surface area contributed by atoms with Crippen LogP contribution in [0.5, 0.6) is 0 Å². The van der Waals surface area contributed by atoms with Crippen molar-refractivity contribution in [2.24, 2.45) is 0 Å². The molecule has 0 aromatic heterocycles. The second-order valence-corrected chi connectivity index (χ2v) is 4.91. The van der Waals surface area contributed by atoms with Crippen molar-refractivity contribution >= 4 is 0 Å². The van der Waals surface area contributed by atoms with E-state index in [1.165, 1.54) is 0 Å². The van der Waals surface area contributed by atoms with E-state index in [4.69, 9.17) is 0 Å². The number of allylic oxidation sites excluding steroid dienone is 3. The smallest absolute Gasteiger partial charge is 0.0478 e. The molecule has 0 aromatic rings. The summed E-state index contributed by atoms with van der Waals surface area (Å²) >= 11 is 0. The van der Waals surface area contributed by atoms with Gasteiger partial charge in [-0.1, -0.05) is 18.7 Å². The van der Waals surface area contributed by atoms with Crippen LogP contribution < -0.4 is 0 Å². The molecule has 0 spiro atoms. The third-order valence-electron chi connectivity index (χ3n) is 2.40. The van der Waals surface area contributed by atoms with Crippen LogP contribution in [-0.4, -0.2) is 17.5 Å². The zero-order valence-corrected chi connectivity index (χ0v) is 10.9. The minimum Gasteiger partial charge on any atom is -0.369 e. The van der Waals surface area contributed by atoms with Gasteiger partial charge in [0.15, 0.2) is 0 Å². The molecule has 0 rings (SSSR count). The molecule has 0 aliphatic heterocycles. The maximum atomic E-state index is 3.91. The van der Waals surface area contributed by atoms with Crippen LogP contribution in [0.15, 0.2) is 41.8 Å². The Bertz CT molecular complexity index is 320. The van der Waals surface area contributed by atoms with Gasteiger partial charge >= 0.3 is 0 Å². The molecule has 0 saturated heterocycles. The molecule has 0 amide bonds. The molecule has 0 aromatic carbocycles. The van der Waals surface area contributed by atoms with Gasteiger partial charge in [0.1, 0.15) is 0 Å². The summed E-state index contributed by atoms with van der Waals surface area (Å²) in [7, 11) is 2.08. The first-order chi connectivity index (χ1) is 6.70. The van der Waals surface area contributed by atoms with Gasteiger partial charge in [0.25, 0.3) is 0 Å². The second kappa shape index (κ2) is 5.04. The summed E-state index contributed by atoms with van der Waals surface area (Å²) in [6.45, 7) is 18.1. The van der Waals surface area contributed by atoms with E-state index in [0.717, 1.165) is 16.8 Å². The topological polar surface area (TPSA) is 3.24 Å². The lowest BCUT2D eigenvalue weighted by molar-refractivity contribution is 0.232. The fourth-order valence-corrected chi connectivity index (χ4v) is 1.14. The van der Waals surface area contributed by atoms with Crippen molar-refractivity contribution < 1.29 is 0 Å². The molecule has 0 bridgehead atoms. The highest BCUT2D eigenvalue weighted by Crippen LogP contribution is 2.22. The maximum absolute atomic E-state index is 3.91. The minimum atomic E-state index is 0.0827. The van der Waals surface area contributed by atoms with E-state index < -0.39 is 0 Å². The minimum absolute atomic E-state index is 0.0827. The van der Waals surface area contributed by atoms with Crippen LogP contribution in [0.4, 0.5) is 0 Å². The molecule has 15 heavy (non-hydrogen) atoms. The summed E-state index contributed by atoms with van der Waals surface area (Å²) in [6.07, 6.45) is 2.07. The highest BCUT2D eigenvalue weighted by molar-refractivity contribution is 5.33. The van der Waals surface area contributed by atoms with Gasteiger partial charge in [-0.3, -0.25) is 0 Å². The van der Waals surface area contributed by atoms with E-state index in [0.29, 0.717) is 0 Å². The third kappa shape index (κ3) is 4.22. The Labute approximate surface area is 94.5 Å². The van der Waals surface area contributed by atoms with Crippen molar-refractivity contribution in [1.82, 2.24) is 4.90 Å². The van der Waals surface area contributed by atoms with Crippen molar-refractivity contribution in [1.29, 1.82) is 0 Å². The molecule has 0 atom stereocenters. The van der Waals surface area contributed by atoms with Gasteiger partial charge in [0, 0.05) is 23.9 Å². The summed E-state index contributed by atoms with van der Waals surface area (Å²) in [6, 6.07) is 0. The summed E-state index contributed by atoms with van der Waals surface area (Å²) < 4.78 is 0. The van der Waals surface area contributed by atoms with Gasteiger partial charge in [0.2, 0.25) is 0 Å². The predicted octanol–water partition coefficient (Wildman–Crippen LogP) is 3.91. The van der Waals surface area contributed by atoms with Crippen LogP contribution in [0.25, 0.3) is 0 Å². The first-order valence-electron chi connectivity index (χ1n) is 5.18. The molecule has 0 aliphatic rings. The normalized spacial score (nSPS) is 12.0. The molecule has 0 aliphatic carbocycles. The Balaban J connectivity index is 5.33. The average molecular weight is 205 g/mol. The zero-order valence-electron chi connectivity index (χ0n) is 10.9. The lowest BCUT2D eigenvalue weighted by Crippen LogP contribution is -2.37. The standard InChI is InChI=1S/C14H23N/c1-9-12(4)13(10-11(2)3)15(8)14(5,6)7/h10H,1-2H2,3-8H3/b13-10-. The average Bonchev–Trinajstić information content (AvgIpc) is 2.10. The number of hydrogen-bond acceptors (Lipinski definition) is 1. The van der Waals surface area contributed by atoms with Crippen LogP contribution in [0.2, 0.25) is 0 Å². The summed E-state index contributed by atoms with van der Waals surface area (Å²) in [5.74, 6) is 0. The number of nitrogens with zero attached hydrogens (tertiary/aromatic N) is 1. The molecule has 0 heterocycles. The molecule has 84 valence electrons. The molecule has 0 radical (unpaired) electrons. The fraction of sp³-hybridized carbons (Fsp3) is 0.500. The van der Waals surface area contributed by atoms with Gasteiger partial charge in [-0.15, -0.1) is 5.73 Å². The Hall–Kier alpha value is -1.20. The van der Waals surface area contributed by atoms with E-state index in [1.807, 2.05) is 13.8 Å². The van der Waals surface area contributed by atoms with Crippen molar-refractivity contribution in [3.63, 3.8) is 0 Å². The Morgan fingerprint density at radius 1 is 1.27 bits per heavy atom. The third-order valence-corrected chi connectivity index (χ3v) is 2.40. The first kappa shape index (κ1) is 13.8. The van der Waals surface area contributed by atoms with Crippen LogP contribution in [0, 0.1) is 0 Å². The lowest BCUT2D eigenvalue weighted by atomic mass is 10.0. The summed E-state index contributed by atoms with van der Waals surface area (Å²) in [5, 5.41) is 0. The van der Waals surface area contributed by atoms with Crippen molar-refractivity contribution in [3.8, 4) is 0 Å². The van der Waals surface area contributed by atoms with Crippen molar-refractivity contribution in [3.05, 3.63) is 41.8 Å². The van der Waals surface area contributed by atoms with Crippen LogP contribution >= 0.6 is 0 Å². The Kier molecular flexibility index (Phi) is 4.64. The fourth-order valence-electron chi connectivity index (χ4n) is 1.14. The monoisotopic (exact) mass is 205 g/mol. The molecule has 1 nitrogen and oxygen atoms in total. The molecule has 0 N–H and O–H groups in total. The van der Waals surface area contributed by atoms with E-state index in [9.17, 15) is 0 Å². The quantitative estimate of drug-likeness (QED) is 0.499. The molecule has 1 heteroatoms. The van der Waals surface area contributed by atoms with E-state index in [2.05, 4.69) is 57.7 Å². The van der Waals surface area contributed by atoms with Gasteiger partial charge in [-0.2, -0.15) is 0 Å². The number of rotatable bonds is 3. The molecular weight excluding hydrogens is 182 g/mol. The summed E-state index contributed by atoms with van der Waals surface area (Å²) in [5.41, 5.74) is 6.24. The molecule has 0 saturated carbocycles. The van der Waals surface area contributed by atoms with Gasteiger partial charge in [0.05, 0.1) is 0 Å². The van der Waals surface area contributed by atoms with Crippen molar-refractivity contribution in [2.75, 3.05) is 7.05 Å². The largest absolute Gasteiger partial charge is 0.369 e. The van der Waals surface area contributed by atoms with E-state index in [-0.39, 0.29) is 5.54 Å². The van der Waals surface area contributed by atoms with Crippen LogP contribution in [0.1, 0.15) is 34.6 Å². The van der Waals surface area contributed by atoms with E-state index >= 15 is 0 Å². The Morgan fingerprint density at radius 2 is 1.73 bits per heavy atom. The Morgan fingerprint density at radius 3 is 2.00 bits per heavy atom. The van der Waals surface area contributed by atoms with Crippen LogP contribution in [-0.2, 0) is 0 Å². The van der Waals surface area contributed by atoms with Gasteiger partial charge in [-0.05, 0) is 40.7 Å². The molecule has 0 unspecified atom stereocenters. The molecule has 0 fully saturated rings. The van der Waals surface area contributed by atoms with Crippen LogP contribution in [0.3, 0.4) is 0 Å².